The first-order chi connectivity index (χ1) is 21.4. The van der Waals surface area contributed by atoms with Gasteiger partial charge in [0.25, 0.3) is 0 Å². The summed E-state index contributed by atoms with van der Waals surface area (Å²) in [6.07, 6.45) is 3.94. The van der Waals surface area contributed by atoms with Crippen LogP contribution >= 0.6 is 0 Å². The number of amides is 1. The second-order valence-corrected chi connectivity index (χ2v) is 11.6. The first-order valence-electron chi connectivity index (χ1n) is 15.5. The monoisotopic (exact) mass is 601 g/mol. The number of hydrogen-bond donors (Lipinski definition) is 2. The normalized spacial score (nSPS) is 19.2. The Morgan fingerprint density at radius 2 is 1.86 bits per heavy atom. The van der Waals surface area contributed by atoms with Crippen molar-refractivity contribution in [1.29, 1.82) is 0 Å². The Morgan fingerprint density at radius 1 is 1.05 bits per heavy atom. The first kappa shape index (κ1) is 31.3. The third kappa shape index (κ3) is 7.00. The fourth-order valence-electron chi connectivity index (χ4n) is 6.57. The van der Waals surface area contributed by atoms with E-state index in [2.05, 4.69) is 11.8 Å². The van der Waals surface area contributed by atoms with Gasteiger partial charge < -0.3 is 30.0 Å². The number of unbranched alkanes of at least 4 members (excludes halogenated alkanes) is 1. The van der Waals surface area contributed by atoms with Crippen LogP contribution in [0.1, 0.15) is 55.2 Å². The smallest absolute Gasteiger partial charge is 0.308 e. The molecule has 0 aliphatic carbocycles. The van der Waals surface area contributed by atoms with Crippen LogP contribution in [0, 0.1) is 5.92 Å². The minimum atomic E-state index is -0.858. The number of ether oxygens (including phenoxy) is 3. The van der Waals surface area contributed by atoms with Gasteiger partial charge in [0, 0.05) is 37.3 Å². The zero-order valence-corrected chi connectivity index (χ0v) is 25.6. The molecule has 234 valence electrons. The van der Waals surface area contributed by atoms with Gasteiger partial charge in [0.1, 0.15) is 5.75 Å². The molecule has 2 heterocycles. The maximum absolute atomic E-state index is 14.1. The highest BCUT2D eigenvalue weighted by atomic mass is 16.7. The number of methoxy groups -OCH3 is 1. The molecule has 9 nitrogen and oxygen atoms in total. The lowest BCUT2D eigenvalue weighted by atomic mass is 9.83. The number of fused-ring (bicyclic) bond motifs is 1. The van der Waals surface area contributed by atoms with E-state index in [0.29, 0.717) is 37.6 Å². The van der Waals surface area contributed by atoms with E-state index in [4.69, 9.17) is 19.9 Å². The number of anilines is 1. The number of rotatable bonds is 14. The molecular weight excluding hydrogens is 558 g/mol. The van der Waals surface area contributed by atoms with Crippen molar-refractivity contribution in [2.75, 3.05) is 38.4 Å². The number of para-hydroxylation sites is 1. The third-order valence-electron chi connectivity index (χ3n) is 8.83. The summed E-state index contributed by atoms with van der Waals surface area (Å²) in [5, 5.41) is 10.6. The van der Waals surface area contributed by atoms with Gasteiger partial charge >= 0.3 is 5.97 Å². The summed E-state index contributed by atoms with van der Waals surface area (Å²) >= 11 is 0. The number of aliphatic carboxylic acids is 1. The van der Waals surface area contributed by atoms with Crippen LogP contribution in [0.3, 0.4) is 0 Å². The van der Waals surface area contributed by atoms with Gasteiger partial charge in [-0.15, -0.1) is 0 Å². The molecule has 0 spiro atoms. The van der Waals surface area contributed by atoms with Crippen LogP contribution in [-0.4, -0.2) is 61.5 Å². The maximum Gasteiger partial charge on any atom is 0.308 e. The molecule has 1 amide bonds. The van der Waals surface area contributed by atoms with E-state index in [-0.39, 0.29) is 31.2 Å². The van der Waals surface area contributed by atoms with Crippen LogP contribution in [0.4, 0.5) is 5.69 Å². The summed E-state index contributed by atoms with van der Waals surface area (Å²) in [5.74, 6) is 0.206. The quantitative estimate of drug-likeness (QED) is 0.259. The number of hydrogen-bond acceptors (Lipinski definition) is 7. The Labute approximate surface area is 259 Å². The zero-order chi connectivity index (χ0) is 31.1. The average molecular weight is 602 g/mol. The summed E-state index contributed by atoms with van der Waals surface area (Å²) in [4.78, 5) is 30.9. The zero-order valence-electron chi connectivity index (χ0n) is 25.6. The Kier molecular flexibility index (Phi) is 10.4. The van der Waals surface area contributed by atoms with E-state index in [9.17, 15) is 14.7 Å². The number of nitrogens with two attached hydrogens (primary N) is 1. The van der Waals surface area contributed by atoms with Crippen LogP contribution in [0.5, 0.6) is 17.2 Å². The number of likely N-dealkylation sites (tertiary alicyclic amines) is 1. The topological polar surface area (TPSA) is 115 Å². The fraction of sp³-hybridized carbons (Fsp3) is 0.429. The van der Waals surface area contributed by atoms with Crippen LogP contribution in [-0.2, 0) is 22.6 Å². The molecule has 1 unspecified atom stereocenters. The lowest BCUT2D eigenvalue weighted by Gasteiger charge is -2.30. The largest absolute Gasteiger partial charge is 0.496 e. The van der Waals surface area contributed by atoms with Crippen LogP contribution < -0.4 is 24.8 Å². The van der Waals surface area contributed by atoms with Crippen molar-refractivity contribution in [3.8, 4) is 17.2 Å². The molecule has 1 saturated heterocycles. The van der Waals surface area contributed by atoms with E-state index in [1.165, 1.54) is 0 Å². The van der Waals surface area contributed by atoms with E-state index >= 15 is 0 Å². The lowest BCUT2D eigenvalue weighted by Crippen LogP contribution is -2.44. The second-order valence-electron chi connectivity index (χ2n) is 11.6. The van der Waals surface area contributed by atoms with Gasteiger partial charge in [0.2, 0.25) is 12.7 Å². The molecule has 0 bridgehead atoms. The molecule has 0 aromatic heterocycles. The van der Waals surface area contributed by atoms with Crippen molar-refractivity contribution >= 4 is 17.6 Å². The molecule has 44 heavy (non-hydrogen) atoms. The number of carboxylic acid groups (broad SMARTS) is 1. The van der Waals surface area contributed by atoms with Gasteiger partial charge in [-0.2, -0.15) is 0 Å². The number of aryl methyl sites for hydroxylation is 1. The number of nitrogens with zero attached hydrogens (tertiary/aromatic N) is 2. The van der Waals surface area contributed by atoms with Gasteiger partial charge in [0.05, 0.1) is 19.6 Å². The Morgan fingerprint density at radius 3 is 2.64 bits per heavy atom. The highest BCUT2D eigenvalue weighted by molar-refractivity contribution is 5.95. The highest BCUT2D eigenvalue weighted by Gasteiger charge is 2.47. The third-order valence-corrected chi connectivity index (χ3v) is 8.83. The minimum absolute atomic E-state index is 0.0437. The summed E-state index contributed by atoms with van der Waals surface area (Å²) < 4.78 is 16.7. The number of carbonyl (C=O) groups is 2. The molecule has 9 heteroatoms. The summed E-state index contributed by atoms with van der Waals surface area (Å²) in [6, 6.07) is 21.0. The molecule has 0 radical (unpaired) electrons. The molecule has 3 atom stereocenters. The highest BCUT2D eigenvalue weighted by Crippen LogP contribution is 2.43. The van der Waals surface area contributed by atoms with Gasteiger partial charge in [-0.05, 0) is 72.7 Å². The van der Waals surface area contributed by atoms with Crippen molar-refractivity contribution in [2.24, 2.45) is 11.7 Å². The standard InChI is InChI=1S/C35H43N3O6/c1-3-4-17-38(27-12-7-9-24(18-27)20-36)33(39)22-37-21-28(26-15-16-31-32(19-26)44-23-43-31)34(35(40)41)29(37)13-8-11-25-10-5-6-14-30(25)42-2/h5-7,9-10,12,14-16,18-19,28-29,34H,3-4,8,11,13,17,20-23,36H2,1-2H3,(H,40,41)/t28-,29+,34?/m1/s1. The Hall–Kier alpha value is -4.08. The van der Waals surface area contributed by atoms with Gasteiger partial charge in [-0.1, -0.05) is 49.7 Å². The van der Waals surface area contributed by atoms with Gasteiger partial charge in [-0.3, -0.25) is 14.5 Å². The molecule has 3 N–H and O–H groups in total. The number of carboxylic acids is 1. The van der Waals surface area contributed by atoms with Crippen molar-refractivity contribution in [3.05, 3.63) is 83.4 Å². The van der Waals surface area contributed by atoms with E-state index < -0.39 is 11.9 Å². The Balaban J connectivity index is 1.42. The van der Waals surface area contributed by atoms with Gasteiger partial charge in [-0.25, -0.2) is 0 Å². The molecule has 2 aliphatic rings. The number of carbonyl (C=O) groups excluding carboxylic acids is 1. The molecular formula is C35H43N3O6. The maximum atomic E-state index is 14.1. The average Bonchev–Trinajstić information content (AvgIpc) is 3.66. The number of benzene rings is 3. The summed E-state index contributed by atoms with van der Waals surface area (Å²) in [5.41, 5.74) is 9.65. The van der Waals surface area contributed by atoms with Crippen molar-refractivity contribution in [3.63, 3.8) is 0 Å². The molecule has 1 fully saturated rings. The van der Waals surface area contributed by atoms with Crippen molar-refractivity contribution in [2.45, 2.75) is 57.5 Å². The molecule has 3 aromatic carbocycles. The molecule has 3 aromatic rings. The molecule has 2 aliphatic heterocycles. The van der Waals surface area contributed by atoms with Gasteiger partial charge in [0.15, 0.2) is 11.5 Å². The van der Waals surface area contributed by atoms with Crippen molar-refractivity contribution in [1.82, 2.24) is 4.90 Å². The second kappa shape index (κ2) is 14.6. The predicted octanol–water partition coefficient (Wildman–Crippen LogP) is 5.21. The minimum Gasteiger partial charge on any atom is -0.496 e. The first-order valence-corrected chi connectivity index (χ1v) is 15.5. The Bertz CT molecular complexity index is 1450. The van der Waals surface area contributed by atoms with E-state index in [1.54, 1.807) is 7.11 Å². The summed E-state index contributed by atoms with van der Waals surface area (Å²) in [7, 11) is 1.66. The molecule has 5 rings (SSSR count). The SMILES string of the molecule is CCCCN(C(=O)CN1C[C@H](c2ccc3c(c2)OCO3)C(C(=O)O)[C@@H]1CCCc1ccccc1OC)c1cccc(CN)c1. The fourth-order valence-corrected chi connectivity index (χ4v) is 6.57. The molecule has 0 saturated carbocycles. The lowest BCUT2D eigenvalue weighted by molar-refractivity contribution is -0.143. The van der Waals surface area contributed by atoms with Crippen LogP contribution in [0.25, 0.3) is 0 Å². The van der Waals surface area contributed by atoms with Crippen molar-refractivity contribution < 1.29 is 28.9 Å². The predicted molar refractivity (Wildman–Crippen MR) is 169 cm³/mol. The summed E-state index contributed by atoms with van der Waals surface area (Å²) in [6.45, 7) is 3.81. The van der Waals surface area contributed by atoms with E-state index in [0.717, 1.165) is 53.8 Å². The van der Waals surface area contributed by atoms with Crippen LogP contribution in [0.2, 0.25) is 0 Å². The van der Waals surface area contributed by atoms with E-state index in [1.807, 2.05) is 71.6 Å². The van der Waals surface area contributed by atoms with Crippen LogP contribution in [0.15, 0.2) is 66.7 Å².